The summed E-state index contributed by atoms with van der Waals surface area (Å²) in [5.41, 5.74) is -0.774. The first-order valence-electron chi connectivity index (χ1n) is 4.55. The van der Waals surface area contributed by atoms with Crippen LogP contribution in [0.1, 0.15) is 18.9 Å². The lowest BCUT2D eigenvalue weighted by molar-refractivity contribution is -0.181. The van der Waals surface area contributed by atoms with Crippen molar-refractivity contribution in [2.24, 2.45) is 0 Å². The second kappa shape index (κ2) is 4.23. The predicted molar refractivity (Wildman–Crippen MR) is 51.5 cm³/mol. The maximum Gasteiger partial charge on any atom is 0.392 e. The fraction of sp³-hybridized carbons (Fsp3) is 0.455. The first kappa shape index (κ1) is 12.0. The van der Waals surface area contributed by atoms with Crippen LogP contribution in [0.15, 0.2) is 30.3 Å². The van der Waals surface area contributed by atoms with Gasteiger partial charge in [-0.3, -0.25) is 0 Å². The third kappa shape index (κ3) is 3.23. The Morgan fingerprint density at radius 1 is 1.13 bits per heavy atom. The highest BCUT2D eigenvalue weighted by Gasteiger charge is 2.40. The molecule has 0 aliphatic carbocycles. The Morgan fingerprint density at radius 3 is 2.07 bits per heavy atom. The quantitative estimate of drug-likeness (QED) is 0.754. The van der Waals surface area contributed by atoms with Crippen LogP contribution in [0, 0.1) is 0 Å². The third-order valence-corrected chi connectivity index (χ3v) is 2.37. The zero-order valence-electron chi connectivity index (χ0n) is 8.64. The van der Waals surface area contributed by atoms with E-state index in [4.69, 9.17) is 4.74 Å². The molecule has 1 aromatic rings. The summed E-state index contributed by atoms with van der Waals surface area (Å²) in [6, 6.07) is 8.42. The van der Waals surface area contributed by atoms with Crippen molar-refractivity contribution in [2.75, 3.05) is 7.11 Å². The van der Waals surface area contributed by atoms with Crippen molar-refractivity contribution in [1.82, 2.24) is 0 Å². The van der Waals surface area contributed by atoms with Crippen LogP contribution in [0.25, 0.3) is 0 Å². The van der Waals surface area contributed by atoms with Gasteiger partial charge < -0.3 is 4.74 Å². The number of hydrogen-bond donors (Lipinski definition) is 0. The molecule has 0 radical (unpaired) electrons. The van der Waals surface area contributed by atoms with Gasteiger partial charge in [-0.2, -0.15) is 13.2 Å². The molecule has 1 atom stereocenters. The molecule has 0 bridgehead atoms. The van der Waals surface area contributed by atoms with Crippen LogP contribution in [0.4, 0.5) is 13.2 Å². The van der Waals surface area contributed by atoms with Gasteiger partial charge in [0, 0.05) is 7.11 Å². The van der Waals surface area contributed by atoms with Crippen LogP contribution in [0.3, 0.4) is 0 Å². The van der Waals surface area contributed by atoms with E-state index in [2.05, 4.69) is 0 Å². The van der Waals surface area contributed by atoms with Gasteiger partial charge in [-0.05, 0) is 12.5 Å². The van der Waals surface area contributed by atoms with Crippen molar-refractivity contribution in [3.8, 4) is 0 Å². The molecule has 84 valence electrons. The lowest BCUT2D eigenvalue weighted by atomic mass is 9.92. The van der Waals surface area contributed by atoms with Gasteiger partial charge in [0.05, 0.1) is 12.0 Å². The van der Waals surface area contributed by atoms with Gasteiger partial charge >= 0.3 is 6.18 Å². The summed E-state index contributed by atoms with van der Waals surface area (Å²) < 4.78 is 42.0. The summed E-state index contributed by atoms with van der Waals surface area (Å²) in [7, 11) is 1.29. The maximum atomic E-state index is 12.3. The van der Waals surface area contributed by atoms with Gasteiger partial charge in [0.15, 0.2) is 0 Å². The van der Waals surface area contributed by atoms with E-state index in [1.807, 2.05) is 0 Å². The number of benzene rings is 1. The van der Waals surface area contributed by atoms with Crippen LogP contribution in [0.2, 0.25) is 0 Å². The molecule has 4 heteroatoms. The van der Waals surface area contributed by atoms with Crippen LogP contribution < -0.4 is 0 Å². The summed E-state index contributed by atoms with van der Waals surface area (Å²) in [6.07, 6.45) is -5.22. The Balaban J connectivity index is 2.96. The minimum absolute atomic E-state index is 0.532. The average Bonchev–Trinajstić information content (AvgIpc) is 2.16. The van der Waals surface area contributed by atoms with Crippen molar-refractivity contribution in [1.29, 1.82) is 0 Å². The molecule has 0 aliphatic heterocycles. The third-order valence-electron chi connectivity index (χ3n) is 2.37. The van der Waals surface area contributed by atoms with E-state index in [0.29, 0.717) is 5.56 Å². The summed E-state index contributed by atoms with van der Waals surface area (Å²) in [4.78, 5) is 0. The number of ether oxygens (including phenoxy) is 1. The highest BCUT2D eigenvalue weighted by molar-refractivity contribution is 5.22. The standard InChI is InChI=1S/C11H13F3O/c1-10(15-2,8-11(12,13)14)9-6-4-3-5-7-9/h3-7H,8H2,1-2H3. The summed E-state index contributed by atoms with van der Waals surface area (Å²) in [6.45, 7) is 1.44. The molecule has 1 aromatic carbocycles. The summed E-state index contributed by atoms with van der Waals surface area (Å²) >= 11 is 0. The smallest absolute Gasteiger partial charge is 0.373 e. The highest BCUT2D eigenvalue weighted by atomic mass is 19.4. The molecule has 1 nitrogen and oxygen atoms in total. The van der Waals surface area contributed by atoms with Gasteiger partial charge in [0.1, 0.15) is 0 Å². The zero-order chi connectivity index (χ0) is 11.5. The zero-order valence-corrected chi connectivity index (χ0v) is 8.64. The van der Waals surface area contributed by atoms with Gasteiger partial charge in [0.25, 0.3) is 0 Å². The molecule has 1 unspecified atom stereocenters. The number of rotatable bonds is 3. The van der Waals surface area contributed by atoms with E-state index in [1.165, 1.54) is 14.0 Å². The van der Waals surface area contributed by atoms with Gasteiger partial charge in [0.2, 0.25) is 0 Å². The second-order valence-electron chi connectivity index (χ2n) is 3.59. The Bertz CT molecular complexity index is 307. The lowest BCUT2D eigenvalue weighted by Gasteiger charge is -2.29. The Morgan fingerprint density at radius 2 is 1.67 bits per heavy atom. The molecule has 0 fully saturated rings. The fourth-order valence-corrected chi connectivity index (χ4v) is 1.47. The Labute approximate surface area is 86.9 Å². The number of methoxy groups -OCH3 is 1. The van der Waals surface area contributed by atoms with Crippen LogP contribution in [0.5, 0.6) is 0 Å². The first-order valence-corrected chi connectivity index (χ1v) is 4.55. The van der Waals surface area contributed by atoms with Gasteiger partial charge in [-0.25, -0.2) is 0 Å². The monoisotopic (exact) mass is 218 g/mol. The molecule has 1 rings (SSSR count). The number of hydrogen-bond acceptors (Lipinski definition) is 1. The van der Waals surface area contributed by atoms with Crippen molar-refractivity contribution >= 4 is 0 Å². The fourth-order valence-electron chi connectivity index (χ4n) is 1.47. The molecule has 0 aromatic heterocycles. The van der Waals surface area contributed by atoms with Crippen molar-refractivity contribution < 1.29 is 17.9 Å². The minimum Gasteiger partial charge on any atom is -0.373 e. The van der Waals surface area contributed by atoms with E-state index in [9.17, 15) is 13.2 Å². The largest absolute Gasteiger partial charge is 0.392 e. The Hall–Kier alpha value is -1.03. The molecule has 0 heterocycles. The highest BCUT2D eigenvalue weighted by Crippen LogP contribution is 2.36. The molecule has 0 amide bonds. The SMILES string of the molecule is COC(C)(CC(F)(F)F)c1ccccc1. The maximum absolute atomic E-state index is 12.3. The minimum atomic E-state index is -4.24. The average molecular weight is 218 g/mol. The van der Waals surface area contributed by atoms with Crippen molar-refractivity contribution in [2.45, 2.75) is 25.1 Å². The lowest BCUT2D eigenvalue weighted by Crippen LogP contribution is -2.31. The van der Waals surface area contributed by atoms with Crippen molar-refractivity contribution in [3.05, 3.63) is 35.9 Å². The van der Waals surface area contributed by atoms with E-state index in [0.717, 1.165) is 0 Å². The molecule has 15 heavy (non-hydrogen) atoms. The molecule has 0 N–H and O–H groups in total. The van der Waals surface area contributed by atoms with E-state index in [1.54, 1.807) is 30.3 Å². The number of halogens is 3. The molecule has 0 saturated heterocycles. The van der Waals surface area contributed by atoms with Crippen LogP contribution in [-0.4, -0.2) is 13.3 Å². The molecule has 0 saturated carbocycles. The van der Waals surface area contributed by atoms with E-state index in [-0.39, 0.29) is 0 Å². The van der Waals surface area contributed by atoms with Crippen molar-refractivity contribution in [3.63, 3.8) is 0 Å². The van der Waals surface area contributed by atoms with E-state index >= 15 is 0 Å². The normalized spacial score (nSPS) is 16.1. The van der Waals surface area contributed by atoms with Gasteiger partial charge in [-0.15, -0.1) is 0 Å². The van der Waals surface area contributed by atoms with Crippen LogP contribution >= 0.6 is 0 Å². The Kier molecular flexibility index (Phi) is 3.39. The predicted octanol–water partition coefficient (Wildman–Crippen LogP) is 3.50. The first-order chi connectivity index (χ1) is 6.87. The topological polar surface area (TPSA) is 9.23 Å². The number of alkyl halides is 3. The summed E-state index contributed by atoms with van der Waals surface area (Å²) in [5, 5.41) is 0. The van der Waals surface area contributed by atoms with Crippen LogP contribution in [-0.2, 0) is 10.3 Å². The molecular weight excluding hydrogens is 205 g/mol. The van der Waals surface area contributed by atoms with E-state index < -0.39 is 18.2 Å². The summed E-state index contributed by atoms with van der Waals surface area (Å²) in [5.74, 6) is 0. The second-order valence-corrected chi connectivity index (χ2v) is 3.59. The molecule has 0 aliphatic rings. The van der Waals surface area contributed by atoms with Gasteiger partial charge in [-0.1, -0.05) is 30.3 Å². The molecule has 0 spiro atoms. The molecular formula is C11H13F3O.